The SMILES string of the molecule is CCOC(=O)C1=C(C)N=c2s/c(=C/c3cc(Br)cc(I)c3OCc3ccc(Cl)cc3Cl)c(=O)n2[C@@H]1c1ccc(OCC(=O)OC)c(OCC)c1. The van der Waals surface area contributed by atoms with Gasteiger partial charge in [-0.3, -0.25) is 9.36 Å². The third-order valence-corrected chi connectivity index (χ3v) is 10.2. The Morgan fingerprint density at radius 2 is 1.82 bits per heavy atom. The lowest BCUT2D eigenvalue weighted by Gasteiger charge is -2.25. The first-order valence-corrected chi connectivity index (χ1v) is 18.6. The number of methoxy groups -OCH3 is 1. The van der Waals surface area contributed by atoms with Gasteiger partial charge in [0.1, 0.15) is 12.4 Å². The molecule has 262 valence electrons. The number of hydrogen-bond donors (Lipinski definition) is 0. The number of carbonyl (C=O) groups excluding carboxylic acids is 2. The molecule has 0 aliphatic carbocycles. The Bertz CT molecular complexity index is 2190. The predicted octanol–water partition coefficient (Wildman–Crippen LogP) is 7.00. The molecule has 0 unspecified atom stereocenters. The molecule has 15 heteroatoms. The van der Waals surface area contributed by atoms with Gasteiger partial charge in [0.2, 0.25) is 0 Å². The van der Waals surface area contributed by atoms with Crippen molar-refractivity contribution in [2.75, 3.05) is 26.9 Å². The smallest absolute Gasteiger partial charge is 0.343 e. The highest BCUT2D eigenvalue weighted by Gasteiger charge is 2.34. The highest BCUT2D eigenvalue weighted by Crippen LogP contribution is 2.37. The third-order valence-electron chi connectivity index (χ3n) is 7.38. The fraction of sp³-hybridized carbons (Fsp3) is 0.257. The lowest BCUT2D eigenvalue weighted by molar-refractivity contribution is -0.143. The highest BCUT2D eigenvalue weighted by atomic mass is 127. The minimum absolute atomic E-state index is 0.128. The Morgan fingerprint density at radius 3 is 2.52 bits per heavy atom. The van der Waals surface area contributed by atoms with Gasteiger partial charge in [0, 0.05) is 25.6 Å². The molecular weight excluding hydrogens is 886 g/mol. The zero-order valence-electron chi connectivity index (χ0n) is 27.2. The number of thiazole rings is 1. The molecule has 0 N–H and O–H groups in total. The molecule has 4 aromatic rings. The first kappa shape index (κ1) is 37.9. The van der Waals surface area contributed by atoms with Gasteiger partial charge in [-0.2, -0.15) is 0 Å². The van der Waals surface area contributed by atoms with Crippen LogP contribution in [0.3, 0.4) is 0 Å². The number of aromatic nitrogens is 1. The van der Waals surface area contributed by atoms with E-state index in [0.717, 1.165) is 13.6 Å². The number of benzene rings is 3. The van der Waals surface area contributed by atoms with Gasteiger partial charge in [0.05, 0.1) is 45.7 Å². The first-order chi connectivity index (χ1) is 23.9. The van der Waals surface area contributed by atoms with Crippen molar-refractivity contribution in [2.24, 2.45) is 4.99 Å². The van der Waals surface area contributed by atoms with Crippen LogP contribution in [0.15, 0.2) is 74.1 Å². The summed E-state index contributed by atoms with van der Waals surface area (Å²) >= 11 is 19.4. The molecular formula is C35H30BrCl2IN2O8S. The average molecular weight is 916 g/mol. The van der Waals surface area contributed by atoms with Gasteiger partial charge >= 0.3 is 11.9 Å². The Kier molecular flexibility index (Phi) is 12.7. The molecule has 0 saturated carbocycles. The van der Waals surface area contributed by atoms with Crippen molar-refractivity contribution in [1.82, 2.24) is 4.57 Å². The van der Waals surface area contributed by atoms with E-state index in [1.165, 1.54) is 23.0 Å². The number of hydrogen-bond acceptors (Lipinski definition) is 10. The predicted molar refractivity (Wildman–Crippen MR) is 203 cm³/mol. The fourth-order valence-corrected chi connectivity index (χ4v) is 8.36. The normalized spacial score (nSPS) is 14.2. The number of rotatable bonds is 12. The van der Waals surface area contributed by atoms with Crippen LogP contribution in [0.1, 0.15) is 43.5 Å². The van der Waals surface area contributed by atoms with E-state index < -0.39 is 18.0 Å². The molecule has 1 atom stereocenters. The van der Waals surface area contributed by atoms with Crippen molar-refractivity contribution in [3.05, 3.63) is 114 Å². The van der Waals surface area contributed by atoms with Gasteiger partial charge in [-0.25, -0.2) is 14.6 Å². The van der Waals surface area contributed by atoms with Crippen molar-refractivity contribution in [1.29, 1.82) is 0 Å². The monoisotopic (exact) mass is 914 g/mol. The van der Waals surface area contributed by atoms with Gasteiger partial charge < -0.3 is 23.7 Å². The zero-order chi connectivity index (χ0) is 36.1. The third kappa shape index (κ3) is 8.39. The van der Waals surface area contributed by atoms with E-state index >= 15 is 0 Å². The van der Waals surface area contributed by atoms with Crippen molar-refractivity contribution in [3.63, 3.8) is 0 Å². The topological polar surface area (TPSA) is 115 Å². The highest BCUT2D eigenvalue weighted by molar-refractivity contribution is 14.1. The largest absolute Gasteiger partial charge is 0.490 e. The molecule has 0 saturated heterocycles. The molecule has 0 amide bonds. The second kappa shape index (κ2) is 16.8. The van der Waals surface area contributed by atoms with Gasteiger partial charge in [-0.1, -0.05) is 62.6 Å². The molecule has 2 heterocycles. The van der Waals surface area contributed by atoms with Crippen LogP contribution in [0.2, 0.25) is 10.0 Å². The van der Waals surface area contributed by atoms with Gasteiger partial charge in [-0.05, 0) is 91.4 Å². The minimum atomic E-state index is -0.910. The van der Waals surface area contributed by atoms with E-state index in [1.807, 2.05) is 12.1 Å². The quantitative estimate of drug-likeness (QED) is 0.110. The lowest BCUT2D eigenvalue weighted by Crippen LogP contribution is -2.40. The number of fused-ring (bicyclic) bond motifs is 1. The summed E-state index contributed by atoms with van der Waals surface area (Å²) in [5.41, 5.74) is 2.17. The summed E-state index contributed by atoms with van der Waals surface area (Å²) in [7, 11) is 1.27. The molecule has 1 aliphatic rings. The maximum absolute atomic E-state index is 14.4. The molecule has 10 nitrogen and oxygen atoms in total. The van der Waals surface area contributed by atoms with Crippen LogP contribution >= 0.6 is 73.1 Å². The molecule has 0 bridgehead atoms. The standard InChI is InChI=1S/C35H30BrCl2IN2O8S/c1-5-46-27-12-19(8-10-26(27)48-17-29(42)45-4)31-30(34(44)47-6-2)18(3)40-35-41(31)33(43)28(50-35)13-21-11-22(36)14-25(39)32(21)49-16-20-7-9-23(37)15-24(20)38/h7-15,31H,5-6,16-17H2,1-4H3/b28-13+/t31-/m1/s1. The maximum Gasteiger partial charge on any atom is 0.343 e. The van der Waals surface area contributed by atoms with Crippen LogP contribution in [0, 0.1) is 3.57 Å². The Labute approximate surface area is 323 Å². The van der Waals surface area contributed by atoms with Crippen LogP contribution in [0.25, 0.3) is 6.08 Å². The summed E-state index contributed by atoms with van der Waals surface area (Å²) in [4.78, 5) is 44.6. The molecule has 1 aliphatic heterocycles. The van der Waals surface area contributed by atoms with Gasteiger partial charge in [-0.15, -0.1) is 0 Å². The number of esters is 2. The summed E-state index contributed by atoms with van der Waals surface area (Å²) < 4.78 is 31.3. The van der Waals surface area contributed by atoms with Crippen molar-refractivity contribution in [3.8, 4) is 17.2 Å². The number of allylic oxidation sites excluding steroid dienone is 1. The molecule has 0 fully saturated rings. The molecule has 3 aromatic carbocycles. The Morgan fingerprint density at radius 1 is 1.04 bits per heavy atom. The number of ether oxygens (including phenoxy) is 5. The summed E-state index contributed by atoms with van der Waals surface area (Å²) in [5.74, 6) is 0.00235. The summed E-state index contributed by atoms with van der Waals surface area (Å²) in [6, 6.07) is 13.0. The minimum Gasteiger partial charge on any atom is -0.490 e. The summed E-state index contributed by atoms with van der Waals surface area (Å²) in [6.07, 6.45) is 1.74. The van der Waals surface area contributed by atoms with E-state index in [1.54, 1.807) is 63.2 Å². The summed E-state index contributed by atoms with van der Waals surface area (Å²) in [5, 5.41) is 0.993. The van der Waals surface area contributed by atoms with Gasteiger partial charge in [0.25, 0.3) is 5.56 Å². The van der Waals surface area contributed by atoms with Crippen LogP contribution in [0.4, 0.5) is 0 Å². The first-order valence-electron chi connectivity index (χ1n) is 15.2. The van der Waals surface area contributed by atoms with E-state index in [9.17, 15) is 14.4 Å². The molecule has 0 spiro atoms. The van der Waals surface area contributed by atoms with Crippen LogP contribution in [-0.2, 0) is 25.7 Å². The van der Waals surface area contributed by atoms with E-state index in [2.05, 4.69) is 43.5 Å². The number of carbonyl (C=O) groups is 2. The van der Waals surface area contributed by atoms with Gasteiger partial charge in [0.15, 0.2) is 22.9 Å². The average Bonchev–Trinajstić information content (AvgIpc) is 3.37. The molecule has 5 rings (SSSR count). The van der Waals surface area contributed by atoms with Crippen LogP contribution in [-0.4, -0.2) is 43.4 Å². The van der Waals surface area contributed by atoms with E-state index in [4.69, 9.17) is 46.9 Å². The second-order valence-electron chi connectivity index (χ2n) is 10.6. The number of nitrogens with zero attached hydrogens (tertiary/aromatic N) is 2. The van der Waals surface area contributed by atoms with E-state index in [-0.39, 0.29) is 31.0 Å². The summed E-state index contributed by atoms with van der Waals surface area (Å²) in [6.45, 7) is 5.48. The molecule has 0 radical (unpaired) electrons. The lowest BCUT2D eigenvalue weighted by atomic mass is 9.95. The van der Waals surface area contributed by atoms with Crippen LogP contribution < -0.4 is 29.1 Å². The molecule has 1 aromatic heterocycles. The Balaban J connectivity index is 1.64. The van der Waals surface area contributed by atoms with Crippen molar-refractivity contribution < 1.29 is 33.3 Å². The Hall–Kier alpha value is -3.37. The number of halogens is 4. The fourth-order valence-electron chi connectivity index (χ4n) is 5.15. The van der Waals surface area contributed by atoms with Crippen LogP contribution in [0.5, 0.6) is 17.2 Å². The van der Waals surface area contributed by atoms with E-state index in [0.29, 0.717) is 60.1 Å². The zero-order valence-corrected chi connectivity index (χ0v) is 33.3. The molecule has 50 heavy (non-hydrogen) atoms. The van der Waals surface area contributed by atoms with Crippen molar-refractivity contribution >= 4 is 91.1 Å². The second-order valence-corrected chi connectivity index (χ2v) is 14.6. The maximum atomic E-state index is 14.4. The van der Waals surface area contributed by atoms with Crippen molar-refractivity contribution in [2.45, 2.75) is 33.4 Å².